The number of ether oxygens (including phenoxy) is 1. The van der Waals surface area contributed by atoms with Gasteiger partial charge < -0.3 is 9.84 Å². The highest BCUT2D eigenvalue weighted by molar-refractivity contribution is 4.70. The Morgan fingerprint density at radius 1 is 1.50 bits per heavy atom. The molecule has 2 heteroatoms. The van der Waals surface area contributed by atoms with Gasteiger partial charge >= 0.3 is 0 Å². The van der Waals surface area contributed by atoms with Crippen LogP contribution in [-0.2, 0) is 4.74 Å². The van der Waals surface area contributed by atoms with E-state index in [1.165, 1.54) is 0 Å². The molecule has 0 saturated carbocycles. The molecule has 2 nitrogen and oxygen atoms in total. The van der Waals surface area contributed by atoms with Crippen molar-refractivity contribution in [1.82, 2.24) is 0 Å². The lowest BCUT2D eigenvalue weighted by molar-refractivity contribution is 0.0748. The van der Waals surface area contributed by atoms with Gasteiger partial charge in [0.2, 0.25) is 0 Å². The lowest BCUT2D eigenvalue weighted by Crippen LogP contribution is -2.22. The molecule has 0 fully saturated rings. The summed E-state index contributed by atoms with van der Waals surface area (Å²) in [5, 5.41) is 8.79. The molecule has 10 heavy (non-hydrogen) atoms. The average Bonchev–Trinajstić information content (AvgIpc) is 1.89. The second-order valence-corrected chi connectivity index (χ2v) is 3.10. The van der Waals surface area contributed by atoms with Crippen LogP contribution in [0.25, 0.3) is 0 Å². The Balaban J connectivity index is 3.46. The summed E-state index contributed by atoms with van der Waals surface area (Å²) in [5.41, 5.74) is -0.125. The second-order valence-electron chi connectivity index (χ2n) is 3.10. The molecular formula is C8H16O2. The van der Waals surface area contributed by atoms with Crippen LogP contribution >= 0.6 is 0 Å². The standard InChI is InChI=1S/C8H16O2/c1-4-5-10-7-8(2,3)6-9/h4-5,9H,6-7H2,1-3H3. The average molecular weight is 144 g/mol. The molecule has 0 rings (SSSR count). The number of aliphatic hydroxyl groups excluding tert-OH is 1. The van der Waals surface area contributed by atoms with Crippen LogP contribution in [0.15, 0.2) is 12.3 Å². The number of hydrogen-bond acceptors (Lipinski definition) is 2. The molecule has 0 atom stereocenters. The molecular weight excluding hydrogens is 128 g/mol. The molecule has 0 heterocycles. The molecule has 0 aromatic rings. The van der Waals surface area contributed by atoms with Gasteiger partial charge in [0.1, 0.15) is 0 Å². The predicted molar refractivity (Wildman–Crippen MR) is 41.6 cm³/mol. The topological polar surface area (TPSA) is 29.5 Å². The van der Waals surface area contributed by atoms with Crippen molar-refractivity contribution in [3.05, 3.63) is 12.3 Å². The van der Waals surface area contributed by atoms with Crippen LogP contribution in [0.1, 0.15) is 20.8 Å². The van der Waals surface area contributed by atoms with Gasteiger partial charge in [-0.1, -0.05) is 19.9 Å². The molecule has 0 saturated heterocycles. The van der Waals surface area contributed by atoms with Gasteiger partial charge in [0, 0.05) is 5.41 Å². The summed E-state index contributed by atoms with van der Waals surface area (Å²) in [7, 11) is 0. The largest absolute Gasteiger partial charge is 0.501 e. The first kappa shape index (κ1) is 9.50. The molecule has 1 N–H and O–H groups in total. The van der Waals surface area contributed by atoms with Gasteiger partial charge in [0.15, 0.2) is 0 Å². The molecule has 0 aliphatic carbocycles. The summed E-state index contributed by atoms with van der Waals surface area (Å²) in [6.45, 7) is 6.53. The van der Waals surface area contributed by atoms with E-state index < -0.39 is 0 Å². The molecule has 0 bridgehead atoms. The van der Waals surface area contributed by atoms with Crippen LogP contribution in [0.4, 0.5) is 0 Å². The lowest BCUT2D eigenvalue weighted by atomic mass is 9.97. The Kier molecular flexibility index (Phi) is 4.12. The van der Waals surface area contributed by atoms with Crippen molar-refractivity contribution in [1.29, 1.82) is 0 Å². The summed E-state index contributed by atoms with van der Waals surface area (Å²) in [6, 6.07) is 0. The van der Waals surface area contributed by atoms with E-state index in [4.69, 9.17) is 9.84 Å². The van der Waals surface area contributed by atoms with E-state index in [0.717, 1.165) is 0 Å². The van der Waals surface area contributed by atoms with E-state index >= 15 is 0 Å². The maximum absolute atomic E-state index is 8.79. The third-order valence-corrected chi connectivity index (χ3v) is 1.13. The Bertz CT molecular complexity index is 106. The fourth-order valence-electron chi connectivity index (χ4n) is 0.416. The van der Waals surface area contributed by atoms with E-state index in [1.54, 1.807) is 6.26 Å². The monoisotopic (exact) mass is 144 g/mol. The molecule has 0 unspecified atom stereocenters. The van der Waals surface area contributed by atoms with Crippen molar-refractivity contribution in [3.8, 4) is 0 Å². The molecule has 0 aliphatic heterocycles. The van der Waals surface area contributed by atoms with Gasteiger partial charge in [-0.2, -0.15) is 0 Å². The zero-order valence-electron chi connectivity index (χ0n) is 6.92. The number of hydrogen-bond donors (Lipinski definition) is 1. The highest BCUT2D eigenvalue weighted by Crippen LogP contribution is 2.13. The SMILES string of the molecule is CC=COCC(C)(C)CO. The molecule has 60 valence electrons. The smallest absolute Gasteiger partial charge is 0.0945 e. The van der Waals surface area contributed by atoms with Crippen molar-refractivity contribution >= 4 is 0 Å². The number of rotatable bonds is 4. The maximum Gasteiger partial charge on any atom is 0.0945 e. The van der Waals surface area contributed by atoms with Crippen molar-refractivity contribution in [2.45, 2.75) is 20.8 Å². The van der Waals surface area contributed by atoms with Gasteiger partial charge in [-0.25, -0.2) is 0 Å². The first-order chi connectivity index (χ1) is 4.62. The second kappa shape index (κ2) is 4.34. The summed E-state index contributed by atoms with van der Waals surface area (Å²) < 4.78 is 5.10. The van der Waals surface area contributed by atoms with Crippen LogP contribution in [0, 0.1) is 5.41 Å². The van der Waals surface area contributed by atoms with E-state index in [9.17, 15) is 0 Å². The van der Waals surface area contributed by atoms with Crippen molar-refractivity contribution in [2.75, 3.05) is 13.2 Å². The summed E-state index contributed by atoms with van der Waals surface area (Å²) in [4.78, 5) is 0. The van der Waals surface area contributed by atoms with Crippen LogP contribution in [0.2, 0.25) is 0 Å². The van der Waals surface area contributed by atoms with Gasteiger partial charge in [-0.3, -0.25) is 0 Å². The molecule has 0 aromatic carbocycles. The predicted octanol–water partition coefficient (Wildman–Crippen LogP) is 1.56. The van der Waals surface area contributed by atoms with Gasteiger partial charge in [0.25, 0.3) is 0 Å². The van der Waals surface area contributed by atoms with Gasteiger partial charge in [0.05, 0.1) is 19.5 Å². The zero-order chi connectivity index (χ0) is 8.04. The Hall–Kier alpha value is -0.500. The fraction of sp³-hybridized carbons (Fsp3) is 0.750. The molecule has 0 spiro atoms. The number of allylic oxidation sites excluding steroid dienone is 1. The minimum Gasteiger partial charge on any atom is -0.501 e. The quantitative estimate of drug-likeness (QED) is 0.607. The summed E-state index contributed by atoms with van der Waals surface area (Å²) in [5.74, 6) is 0. The third kappa shape index (κ3) is 4.39. The van der Waals surface area contributed by atoms with Gasteiger partial charge in [-0.15, -0.1) is 0 Å². The van der Waals surface area contributed by atoms with Crippen LogP contribution in [0.5, 0.6) is 0 Å². The maximum atomic E-state index is 8.79. The van der Waals surface area contributed by atoms with E-state index in [0.29, 0.717) is 6.61 Å². The van der Waals surface area contributed by atoms with E-state index in [1.807, 2.05) is 26.8 Å². The molecule has 0 amide bonds. The van der Waals surface area contributed by atoms with Crippen molar-refractivity contribution < 1.29 is 9.84 Å². The molecule has 0 aliphatic rings. The van der Waals surface area contributed by atoms with E-state index in [2.05, 4.69) is 0 Å². The first-order valence-corrected chi connectivity index (χ1v) is 3.46. The summed E-state index contributed by atoms with van der Waals surface area (Å²) >= 11 is 0. The van der Waals surface area contributed by atoms with Crippen LogP contribution in [-0.4, -0.2) is 18.3 Å². The van der Waals surface area contributed by atoms with Crippen LogP contribution in [0.3, 0.4) is 0 Å². The van der Waals surface area contributed by atoms with E-state index in [-0.39, 0.29) is 12.0 Å². The minimum absolute atomic E-state index is 0.125. The molecule has 0 radical (unpaired) electrons. The highest BCUT2D eigenvalue weighted by Gasteiger charge is 2.15. The zero-order valence-corrected chi connectivity index (χ0v) is 6.92. The highest BCUT2D eigenvalue weighted by atomic mass is 16.5. The first-order valence-electron chi connectivity index (χ1n) is 3.46. The Labute approximate surface area is 62.5 Å². The normalized spacial score (nSPS) is 12.4. The van der Waals surface area contributed by atoms with Crippen molar-refractivity contribution in [3.63, 3.8) is 0 Å². The number of aliphatic hydroxyl groups is 1. The Morgan fingerprint density at radius 2 is 2.10 bits per heavy atom. The lowest BCUT2D eigenvalue weighted by Gasteiger charge is -2.19. The minimum atomic E-state index is -0.125. The van der Waals surface area contributed by atoms with Crippen LogP contribution < -0.4 is 0 Å². The Morgan fingerprint density at radius 3 is 2.50 bits per heavy atom. The fourth-order valence-corrected chi connectivity index (χ4v) is 0.416. The van der Waals surface area contributed by atoms with Crippen molar-refractivity contribution in [2.24, 2.45) is 5.41 Å². The third-order valence-electron chi connectivity index (χ3n) is 1.13. The van der Waals surface area contributed by atoms with Gasteiger partial charge in [-0.05, 0) is 6.92 Å². The molecule has 0 aromatic heterocycles. The summed E-state index contributed by atoms with van der Waals surface area (Å²) in [6.07, 6.45) is 3.46.